The van der Waals surface area contributed by atoms with Crippen LogP contribution in [0.4, 0.5) is 5.95 Å². The normalized spacial score (nSPS) is 18.3. The molecule has 0 amide bonds. The summed E-state index contributed by atoms with van der Waals surface area (Å²) in [5, 5.41) is 0. The molecule has 0 aromatic carbocycles. The molecule has 1 saturated heterocycles. The van der Waals surface area contributed by atoms with Gasteiger partial charge in [-0.25, -0.2) is 18.4 Å². The second-order valence-corrected chi connectivity index (χ2v) is 6.32. The quantitative estimate of drug-likeness (QED) is 0.733. The average Bonchev–Trinajstić information content (AvgIpc) is 2.29. The van der Waals surface area contributed by atoms with E-state index in [-0.39, 0.29) is 5.88 Å². The first kappa shape index (κ1) is 12.3. The molecule has 1 aliphatic heterocycles. The molecule has 0 spiro atoms. The molecule has 1 aromatic heterocycles. The van der Waals surface area contributed by atoms with E-state index in [0.29, 0.717) is 5.95 Å². The smallest absolute Gasteiger partial charge is 0.225 e. The van der Waals surface area contributed by atoms with Crippen LogP contribution in [0.25, 0.3) is 0 Å². The second-order valence-electron chi connectivity index (χ2n) is 4.21. The first-order valence-electron chi connectivity index (χ1n) is 5.47. The predicted octanol–water partition coefficient (Wildman–Crippen LogP) is -0.399. The van der Waals surface area contributed by atoms with Crippen LogP contribution in [0.15, 0.2) is 18.5 Å². The van der Waals surface area contributed by atoms with E-state index in [0.717, 1.165) is 26.2 Å². The van der Waals surface area contributed by atoms with E-state index in [4.69, 9.17) is 0 Å². The van der Waals surface area contributed by atoms with Crippen LogP contribution < -0.4 is 4.90 Å². The molecule has 2 rings (SSSR count). The summed E-state index contributed by atoms with van der Waals surface area (Å²) in [4.78, 5) is 12.4. The highest BCUT2D eigenvalue weighted by Crippen LogP contribution is 2.09. The molecule has 1 fully saturated rings. The van der Waals surface area contributed by atoms with Crippen molar-refractivity contribution >= 4 is 15.8 Å². The van der Waals surface area contributed by atoms with Gasteiger partial charge in [0.2, 0.25) is 5.95 Å². The molecule has 0 bridgehead atoms. The van der Waals surface area contributed by atoms with Gasteiger partial charge < -0.3 is 4.90 Å². The summed E-state index contributed by atoms with van der Waals surface area (Å²) in [6, 6.07) is 1.78. The Hall–Kier alpha value is -1.21. The first-order chi connectivity index (χ1) is 8.04. The van der Waals surface area contributed by atoms with Crippen LogP contribution in [0, 0.1) is 0 Å². The number of rotatable bonds is 3. The van der Waals surface area contributed by atoms with Crippen molar-refractivity contribution in [3.05, 3.63) is 18.5 Å². The van der Waals surface area contributed by atoms with Gasteiger partial charge in [0.15, 0.2) is 9.84 Å². The summed E-state index contributed by atoms with van der Waals surface area (Å²) in [5.74, 6) is 0.850. The molecular formula is C10H16N4O2S. The van der Waals surface area contributed by atoms with Gasteiger partial charge in [-0.05, 0) is 6.07 Å². The Morgan fingerprint density at radius 2 is 1.76 bits per heavy atom. The maximum Gasteiger partial charge on any atom is 0.225 e. The zero-order valence-corrected chi connectivity index (χ0v) is 10.6. The molecule has 0 radical (unpaired) electrons. The second kappa shape index (κ2) is 4.97. The van der Waals surface area contributed by atoms with E-state index in [9.17, 15) is 8.42 Å². The topological polar surface area (TPSA) is 66.4 Å². The molecule has 94 valence electrons. The zero-order valence-electron chi connectivity index (χ0n) is 9.78. The van der Waals surface area contributed by atoms with E-state index in [2.05, 4.69) is 14.9 Å². The maximum atomic E-state index is 11.2. The molecule has 0 N–H and O–H groups in total. The van der Waals surface area contributed by atoms with E-state index < -0.39 is 9.84 Å². The highest BCUT2D eigenvalue weighted by molar-refractivity contribution is 7.90. The molecule has 7 heteroatoms. The van der Waals surface area contributed by atoms with Crippen molar-refractivity contribution in [1.29, 1.82) is 0 Å². The summed E-state index contributed by atoms with van der Waals surface area (Å²) in [7, 11) is -2.93. The number of anilines is 1. The standard InChI is InChI=1S/C10H16N4O2S/c1-17(15,16)9-13-5-7-14(8-6-13)10-11-3-2-4-12-10/h2-4H,5-9H2,1H3. The van der Waals surface area contributed by atoms with Crippen molar-refractivity contribution < 1.29 is 8.42 Å². The summed E-state index contributed by atoms with van der Waals surface area (Å²) in [6.07, 6.45) is 4.69. The minimum atomic E-state index is -2.93. The van der Waals surface area contributed by atoms with Crippen molar-refractivity contribution in [2.45, 2.75) is 0 Å². The molecule has 0 saturated carbocycles. The molecular weight excluding hydrogens is 240 g/mol. The van der Waals surface area contributed by atoms with Gasteiger partial charge in [0.05, 0.1) is 0 Å². The molecule has 0 unspecified atom stereocenters. The highest BCUT2D eigenvalue weighted by Gasteiger charge is 2.20. The third-order valence-electron chi connectivity index (χ3n) is 2.62. The minimum absolute atomic E-state index is 0.135. The van der Waals surface area contributed by atoms with Crippen LogP contribution >= 0.6 is 0 Å². The number of hydrogen-bond donors (Lipinski definition) is 0. The third kappa shape index (κ3) is 3.64. The van der Waals surface area contributed by atoms with Crippen LogP contribution in [-0.2, 0) is 9.84 Å². The summed E-state index contributed by atoms with van der Waals surface area (Å²) < 4.78 is 22.3. The Labute approximate surface area is 101 Å². The lowest BCUT2D eigenvalue weighted by Crippen LogP contribution is -2.48. The monoisotopic (exact) mass is 256 g/mol. The SMILES string of the molecule is CS(=O)(=O)CN1CCN(c2ncccn2)CC1. The van der Waals surface area contributed by atoms with E-state index in [1.807, 2.05) is 4.90 Å². The fraction of sp³-hybridized carbons (Fsp3) is 0.600. The zero-order chi connectivity index (χ0) is 12.3. The van der Waals surface area contributed by atoms with Crippen LogP contribution in [0.2, 0.25) is 0 Å². The Morgan fingerprint density at radius 1 is 1.18 bits per heavy atom. The number of piperazine rings is 1. The van der Waals surface area contributed by atoms with Crippen molar-refractivity contribution in [1.82, 2.24) is 14.9 Å². The molecule has 6 nitrogen and oxygen atoms in total. The number of aromatic nitrogens is 2. The molecule has 0 aliphatic carbocycles. The largest absolute Gasteiger partial charge is 0.338 e. The van der Waals surface area contributed by atoms with E-state index >= 15 is 0 Å². The number of nitrogens with zero attached hydrogens (tertiary/aromatic N) is 4. The Kier molecular flexibility index (Phi) is 3.58. The summed E-state index contributed by atoms with van der Waals surface area (Å²) in [5.41, 5.74) is 0. The molecule has 17 heavy (non-hydrogen) atoms. The lowest BCUT2D eigenvalue weighted by molar-refractivity contribution is 0.293. The van der Waals surface area contributed by atoms with Crippen molar-refractivity contribution in [3.63, 3.8) is 0 Å². The fourth-order valence-electron chi connectivity index (χ4n) is 1.86. The minimum Gasteiger partial charge on any atom is -0.338 e. The van der Waals surface area contributed by atoms with Crippen molar-refractivity contribution in [2.24, 2.45) is 0 Å². The van der Waals surface area contributed by atoms with Gasteiger partial charge in [0.1, 0.15) is 5.88 Å². The van der Waals surface area contributed by atoms with Gasteiger partial charge in [-0.2, -0.15) is 0 Å². The van der Waals surface area contributed by atoms with Gasteiger partial charge in [-0.15, -0.1) is 0 Å². The molecule has 1 aromatic rings. The van der Waals surface area contributed by atoms with Crippen LogP contribution in [0.1, 0.15) is 0 Å². The van der Waals surface area contributed by atoms with Gasteiger partial charge in [0.25, 0.3) is 0 Å². The van der Waals surface area contributed by atoms with Crippen LogP contribution in [0.5, 0.6) is 0 Å². The van der Waals surface area contributed by atoms with Gasteiger partial charge >= 0.3 is 0 Å². The lowest BCUT2D eigenvalue weighted by atomic mass is 10.3. The number of hydrogen-bond acceptors (Lipinski definition) is 6. The van der Waals surface area contributed by atoms with Crippen LogP contribution in [0.3, 0.4) is 0 Å². The average molecular weight is 256 g/mol. The highest BCUT2D eigenvalue weighted by atomic mass is 32.2. The van der Waals surface area contributed by atoms with E-state index in [1.165, 1.54) is 6.26 Å². The maximum absolute atomic E-state index is 11.2. The summed E-state index contributed by atoms with van der Waals surface area (Å²) >= 11 is 0. The van der Waals surface area contributed by atoms with Gasteiger partial charge in [-0.3, -0.25) is 4.90 Å². The Balaban J connectivity index is 1.91. The predicted molar refractivity (Wildman–Crippen MR) is 65.5 cm³/mol. The van der Waals surface area contributed by atoms with Crippen molar-refractivity contribution in [2.75, 3.05) is 43.2 Å². The Morgan fingerprint density at radius 3 is 2.29 bits per heavy atom. The van der Waals surface area contributed by atoms with Crippen LogP contribution in [-0.4, -0.2) is 61.6 Å². The first-order valence-corrected chi connectivity index (χ1v) is 7.53. The summed E-state index contributed by atoms with van der Waals surface area (Å²) in [6.45, 7) is 2.98. The van der Waals surface area contributed by atoms with Gasteiger partial charge in [0, 0.05) is 44.8 Å². The van der Waals surface area contributed by atoms with E-state index in [1.54, 1.807) is 18.5 Å². The fourth-order valence-corrected chi connectivity index (χ4v) is 2.78. The third-order valence-corrected chi connectivity index (χ3v) is 3.46. The molecule has 1 aliphatic rings. The molecule has 0 atom stereocenters. The number of sulfone groups is 1. The Bertz CT molecular complexity index is 454. The molecule has 2 heterocycles. The van der Waals surface area contributed by atoms with Gasteiger partial charge in [-0.1, -0.05) is 0 Å². The van der Waals surface area contributed by atoms with Crippen molar-refractivity contribution in [3.8, 4) is 0 Å². The lowest BCUT2D eigenvalue weighted by Gasteiger charge is -2.33.